The van der Waals surface area contributed by atoms with Gasteiger partial charge >= 0.3 is 17.9 Å². The molecule has 0 amide bonds. The maximum absolute atomic E-state index is 12.9. The molecule has 0 rings (SSSR count). The molecule has 0 radical (unpaired) electrons. The van der Waals surface area contributed by atoms with E-state index in [-0.39, 0.29) is 31.1 Å². The molecule has 0 aromatic heterocycles. The molecule has 0 N–H and O–H groups in total. The van der Waals surface area contributed by atoms with Crippen LogP contribution in [0, 0.1) is 0 Å². The maximum atomic E-state index is 12.9. The zero-order valence-corrected chi connectivity index (χ0v) is 46.5. The molecule has 1 unspecified atom stereocenters. The third-order valence-electron chi connectivity index (χ3n) is 12.5. The Balaban J connectivity index is 4.38. The second-order valence-corrected chi connectivity index (χ2v) is 19.5. The predicted octanol–water partition coefficient (Wildman–Crippen LogP) is 20.1. The number of hydrogen-bond donors (Lipinski definition) is 0. The molecule has 0 fully saturated rings. The van der Waals surface area contributed by atoms with E-state index >= 15 is 0 Å². The van der Waals surface area contributed by atoms with Gasteiger partial charge in [0.25, 0.3) is 0 Å². The number of unbranched alkanes of at least 4 members (excludes halogenated alkanes) is 26. The molecule has 406 valence electrons. The summed E-state index contributed by atoms with van der Waals surface area (Å²) in [5, 5.41) is 0. The summed E-state index contributed by atoms with van der Waals surface area (Å²) in [5.74, 6) is -0.917. The lowest BCUT2D eigenvalue weighted by Gasteiger charge is -2.18. The minimum atomic E-state index is -0.792. The summed E-state index contributed by atoms with van der Waals surface area (Å²) in [5.41, 5.74) is 0. The smallest absolute Gasteiger partial charge is 0.306 e. The highest BCUT2D eigenvalue weighted by atomic mass is 16.6. The topological polar surface area (TPSA) is 78.9 Å². The predicted molar refractivity (Wildman–Crippen MR) is 307 cm³/mol. The fourth-order valence-electron chi connectivity index (χ4n) is 8.08. The Morgan fingerprint density at radius 3 is 0.887 bits per heavy atom. The molecule has 71 heavy (non-hydrogen) atoms. The van der Waals surface area contributed by atoms with E-state index in [0.717, 1.165) is 128 Å². The Bertz CT molecular complexity index is 1410. The van der Waals surface area contributed by atoms with Gasteiger partial charge in [-0.25, -0.2) is 0 Å². The van der Waals surface area contributed by atoms with Crippen LogP contribution >= 0.6 is 0 Å². The molecule has 0 spiro atoms. The molecule has 6 heteroatoms. The van der Waals surface area contributed by atoms with Crippen molar-refractivity contribution in [3.05, 3.63) is 97.2 Å². The van der Waals surface area contributed by atoms with Crippen LogP contribution in [0.1, 0.15) is 278 Å². The van der Waals surface area contributed by atoms with Crippen LogP contribution in [0.3, 0.4) is 0 Å². The van der Waals surface area contributed by atoms with E-state index in [4.69, 9.17) is 14.2 Å². The lowest BCUT2D eigenvalue weighted by atomic mass is 10.1. The van der Waals surface area contributed by atoms with Crippen molar-refractivity contribution in [3.8, 4) is 0 Å². The summed E-state index contributed by atoms with van der Waals surface area (Å²) in [4.78, 5) is 38.2. The summed E-state index contributed by atoms with van der Waals surface area (Å²) in [7, 11) is 0. The fraction of sp³-hybridized carbons (Fsp3) is 0.708. The molecule has 0 bridgehead atoms. The number of esters is 3. The summed E-state index contributed by atoms with van der Waals surface area (Å²) in [6.07, 6.45) is 78.2. The minimum absolute atomic E-state index is 0.0897. The third kappa shape index (κ3) is 57.1. The summed E-state index contributed by atoms with van der Waals surface area (Å²) >= 11 is 0. The van der Waals surface area contributed by atoms with Crippen molar-refractivity contribution in [1.82, 2.24) is 0 Å². The van der Waals surface area contributed by atoms with E-state index in [2.05, 4.69) is 118 Å². The molecular weight excluding hydrogens is 877 g/mol. The molecule has 0 aliphatic rings. The lowest BCUT2D eigenvalue weighted by molar-refractivity contribution is -0.167. The van der Waals surface area contributed by atoms with Crippen LogP contribution < -0.4 is 0 Å². The zero-order valence-electron chi connectivity index (χ0n) is 46.5. The van der Waals surface area contributed by atoms with Crippen LogP contribution in [0.25, 0.3) is 0 Å². The summed E-state index contributed by atoms with van der Waals surface area (Å²) in [6.45, 7) is 6.49. The summed E-state index contributed by atoms with van der Waals surface area (Å²) in [6, 6.07) is 0. The average molecular weight is 988 g/mol. The van der Waals surface area contributed by atoms with Crippen molar-refractivity contribution >= 4 is 17.9 Å². The fourth-order valence-corrected chi connectivity index (χ4v) is 8.08. The number of hydrogen-bond acceptors (Lipinski definition) is 6. The summed E-state index contributed by atoms with van der Waals surface area (Å²) < 4.78 is 16.9. The molecule has 0 aromatic carbocycles. The van der Waals surface area contributed by atoms with Gasteiger partial charge in [-0.3, -0.25) is 14.4 Å². The highest BCUT2D eigenvalue weighted by molar-refractivity contribution is 5.71. The van der Waals surface area contributed by atoms with Gasteiger partial charge < -0.3 is 14.2 Å². The van der Waals surface area contributed by atoms with E-state index in [0.29, 0.717) is 19.3 Å². The standard InChI is InChI=1S/C65H110O6/c1-4-7-10-13-16-19-22-25-27-28-29-30-31-32-33-34-35-36-38-40-43-46-49-52-55-58-64(67)70-61-62(60-69-63(66)57-54-51-48-45-42-39-24-21-18-15-12-9-6-3)71-65(68)59-56-53-50-47-44-41-37-26-23-20-17-14-11-8-5-2/h7,10,16,19,21,24-27,29-30,32-33,35-37,62H,4-6,8-9,11-15,17-18,20,22-23,28,31,34,38-61H2,1-3H3/b10-7-,19-16-,24-21-,27-25-,30-29-,33-32-,36-35-,37-26-. The minimum Gasteiger partial charge on any atom is -0.462 e. The largest absolute Gasteiger partial charge is 0.462 e. The first-order valence-electron chi connectivity index (χ1n) is 29.7. The van der Waals surface area contributed by atoms with Gasteiger partial charge in [0.2, 0.25) is 0 Å². The molecular formula is C65H110O6. The zero-order chi connectivity index (χ0) is 51.4. The molecule has 0 saturated carbocycles. The maximum Gasteiger partial charge on any atom is 0.306 e. The highest BCUT2D eigenvalue weighted by Crippen LogP contribution is 2.14. The lowest BCUT2D eigenvalue weighted by Crippen LogP contribution is -2.30. The van der Waals surface area contributed by atoms with E-state index in [1.54, 1.807) is 0 Å². The van der Waals surface area contributed by atoms with Crippen LogP contribution in [0.5, 0.6) is 0 Å². The van der Waals surface area contributed by atoms with Gasteiger partial charge in [0.05, 0.1) is 0 Å². The number of carbonyl (C=O) groups is 3. The van der Waals surface area contributed by atoms with Crippen LogP contribution in [0.15, 0.2) is 97.2 Å². The van der Waals surface area contributed by atoms with Gasteiger partial charge in [0.15, 0.2) is 6.10 Å². The number of carbonyl (C=O) groups excluding carboxylic acids is 3. The molecule has 6 nitrogen and oxygen atoms in total. The van der Waals surface area contributed by atoms with Crippen molar-refractivity contribution in [1.29, 1.82) is 0 Å². The van der Waals surface area contributed by atoms with Crippen molar-refractivity contribution in [2.75, 3.05) is 13.2 Å². The van der Waals surface area contributed by atoms with Gasteiger partial charge in [-0.2, -0.15) is 0 Å². The first kappa shape index (κ1) is 67.3. The van der Waals surface area contributed by atoms with Gasteiger partial charge in [-0.1, -0.05) is 234 Å². The highest BCUT2D eigenvalue weighted by Gasteiger charge is 2.19. The normalized spacial score (nSPS) is 12.8. The Kier molecular flexibility index (Phi) is 55.9. The van der Waals surface area contributed by atoms with Crippen LogP contribution in [0.2, 0.25) is 0 Å². The van der Waals surface area contributed by atoms with Crippen molar-refractivity contribution in [2.45, 2.75) is 284 Å². The van der Waals surface area contributed by atoms with Crippen molar-refractivity contribution < 1.29 is 28.6 Å². The third-order valence-corrected chi connectivity index (χ3v) is 12.5. The second-order valence-electron chi connectivity index (χ2n) is 19.5. The molecule has 0 aromatic rings. The molecule has 0 saturated heterocycles. The Labute approximate surface area is 438 Å². The van der Waals surface area contributed by atoms with E-state index in [9.17, 15) is 14.4 Å². The van der Waals surface area contributed by atoms with Gasteiger partial charge in [-0.15, -0.1) is 0 Å². The van der Waals surface area contributed by atoms with Crippen LogP contribution in [0.4, 0.5) is 0 Å². The Hall–Kier alpha value is -3.67. The van der Waals surface area contributed by atoms with Crippen LogP contribution in [-0.2, 0) is 28.6 Å². The first-order chi connectivity index (χ1) is 35.0. The molecule has 0 heterocycles. The van der Waals surface area contributed by atoms with Crippen molar-refractivity contribution in [3.63, 3.8) is 0 Å². The molecule has 0 aliphatic carbocycles. The van der Waals surface area contributed by atoms with E-state index < -0.39 is 6.10 Å². The second kappa shape index (κ2) is 58.9. The molecule has 1 atom stereocenters. The Morgan fingerprint density at radius 2 is 0.549 bits per heavy atom. The van der Waals surface area contributed by atoms with E-state index in [1.165, 1.54) is 109 Å². The first-order valence-corrected chi connectivity index (χ1v) is 29.7. The SMILES string of the molecule is CC/C=C\C/C=C\C/C=C\C/C=C\C/C=C\C/C=C\CCCCCCCCC(=O)OCC(COC(=O)CCCCCCC/C=C\CCCCCC)OC(=O)CCCCCCC/C=C\CCCCCCCC. The van der Waals surface area contributed by atoms with Gasteiger partial charge in [-0.05, 0) is 122 Å². The number of allylic oxidation sites excluding steroid dienone is 16. The average Bonchev–Trinajstić information content (AvgIpc) is 3.37. The van der Waals surface area contributed by atoms with Gasteiger partial charge in [0.1, 0.15) is 13.2 Å². The van der Waals surface area contributed by atoms with Crippen molar-refractivity contribution in [2.24, 2.45) is 0 Å². The van der Waals surface area contributed by atoms with Crippen LogP contribution in [-0.4, -0.2) is 37.2 Å². The molecule has 0 aliphatic heterocycles. The van der Waals surface area contributed by atoms with E-state index in [1.807, 2.05) is 0 Å². The Morgan fingerprint density at radius 1 is 0.296 bits per heavy atom. The number of ether oxygens (including phenoxy) is 3. The quantitative estimate of drug-likeness (QED) is 0.0261. The van der Waals surface area contributed by atoms with Gasteiger partial charge in [0, 0.05) is 19.3 Å². The monoisotopic (exact) mass is 987 g/mol. The number of rotatable bonds is 53.